The highest BCUT2D eigenvalue weighted by Crippen LogP contribution is 2.27. The minimum Gasteiger partial charge on any atom is -0.497 e. The molecule has 1 aliphatic rings. The van der Waals surface area contributed by atoms with Crippen molar-refractivity contribution in [2.75, 3.05) is 47.0 Å². The van der Waals surface area contributed by atoms with Crippen molar-refractivity contribution in [2.24, 2.45) is 0 Å². The third kappa shape index (κ3) is 9.41. The maximum Gasteiger partial charge on any atom is 0.414 e. The number of nitrogens with one attached hydrogen (secondary N) is 1. The first-order valence-corrected chi connectivity index (χ1v) is 13.1. The van der Waals surface area contributed by atoms with Gasteiger partial charge in [0.2, 0.25) is 0 Å². The molecule has 4 N–H and O–H groups in total. The number of benzene rings is 2. The normalized spacial score (nSPS) is 14.4. The first-order valence-electron chi connectivity index (χ1n) is 13.1. The number of aliphatic hydroxyl groups excluding tert-OH is 1. The van der Waals surface area contributed by atoms with E-state index >= 15 is 0 Å². The number of hydrogen-bond acceptors (Lipinski definition) is 10. The molecule has 12 heteroatoms. The fourth-order valence-corrected chi connectivity index (χ4v) is 4.49. The molecule has 1 atom stereocenters. The van der Waals surface area contributed by atoms with Crippen LogP contribution in [-0.2, 0) is 14.3 Å². The van der Waals surface area contributed by atoms with E-state index in [1.807, 2.05) is 30.3 Å². The number of aliphatic carboxylic acids is 2. The largest absolute Gasteiger partial charge is 0.497 e. The van der Waals surface area contributed by atoms with Gasteiger partial charge in [0.25, 0.3) is 0 Å². The Hall–Kier alpha value is -4.26. The van der Waals surface area contributed by atoms with Gasteiger partial charge in [-0.1, -0.05) is 6.07 Å². The van der Waals surface area contributed by atoms with Crippen molar-refractivity contribution in [1.82, 2.24) is 15.2 Å². The minimum absolute atomic E-state index is 0.373. The zero-order chi connectivity index (χ0) is 29.8. The highest BCUT2D eigenvalue weighted by Gasteiger charge is 2.22. The van der Waals surface area contributed by atoms with Crippen molar-refractivity contribution in [3.63, 3.8) is 0 Å². The molecule has 0 bridgehead atoms. The lowest BCUT2D eigenvalue weighted by Gasteiger charge is -2.33. The fourth-order valence-electron chi connectivity index (χ4n) is 4.49. The summed E-state index contributed by atoms with van der Waals surface area (Å²) in [5, 5.41) is 30.2. The first-order chi connectivity index (χ1) is 19.7. The highest BCUT2D eigenvalue weighted by atomic mass is 16.5. The van der Waals surface area contributed by atoms with E-state index in [9.17, 15) is 9.90 Å². The van der Waals surface area contributed by atoms with Crippen molar-refractivity contribution >= 4 is 28.8 Å². The lowest BCUT2D eigenvalue weighted by atomic mass is 10.0. The predicted octanol–water partition coefficient (Wildman–Crippen LogP) is 2.35. The molecule has 1 fully saturated rings. The molecule has 1 saturated heterocycles. The summed E-state index contributed by atoms with van der Waals surface area (Å²) in [5.41, 5.74) is 2.21. The number of rotatable bonds is 10. The Morgan fingerprint density at radius 3 is 2.41 bits per heavy atom. The van der Waals surface area contributed by atoms with Crippen LogP contribution in [-0.4, -0.2) is 96.2 Å². The van der Waals surface area contributed by atoms with Crippen LogP contribution in [0.3, 0.4) is 0 Å². The van der Waals surface area contributed by atoms with Crippen molar-refractivity contribution < 1.29 is 43.9 Å². The van der Waals surface area contributed by atoms with Crippen LogP contribution in [0.4, 0.5) is 0 Å². The number of esters is 1. The number of methoxy groups -OCH3 is 2. The summed E-state index contributed by atoms with van der Waals surface area (Å²) in [5.74, 6) is -2.61. The number of carboxylic acids is 2. The number of hydrogen-bond donors (Lipinski definition) is 4. The number of nitrogens with zero attached hydrogens (tertiary/aromatic N) is 2. The lowest BCUT2D eigenvalue weighted by Crippen LogP contribution is -2.44. The van der Waals surface area contributed by atoms with Crippen LogP contribution in [0, 0.1) is 0 Å². The van der Waals surface area contributed by atoms with Crippen LogP contribution in [0.25, 0.3) is 10.9 Å². The number of piperidine rings is 1. The Morgan fingerprint density at radius 1 is 1.02 bits per heavy atom. The number of carbonyl (C=O) groups is 3. The van der Waals surface area contributed by atoms with E-state index in [1.165, 1.54) is 7.11 Å². The zero-order valence-electron chi connectivity index (χ0n) is 23.0. The van der Waals surface area contributed by atoms with Gasteiger partial charge < -0.3 is 39.7 Å². The van der Waals surface area contributed by atoms with Gasteiger partial charge in [0, 0.05) is 30.7 Å². The van der Waals surface area contributed by atoms with E-state index in [0.717, 1.165) is 54.7 Å². The van der Waals surface area contributed by atoms with Gasteiger partial charge in [-0.15, -0.1) is 0 Å². The van der Waals surface area contributed by atoms with Gasteiger partial charge in [-0.3, -0.25) is 4.98 Å². The van der Waals surface area contributed by atoms with Crippen LogP contribution < -0.4 is 14.8 Å². The second-order valence-electron chi connectivity index (χ2n) is 9.31. The van der Waals surface area contributed by atoms with Crippen LogP contribution in [0.2, 0.25) is 0 Å². The van der Waals surface area contributed by atoms with Crippen molar-refractivity contribution in [3.8, 4) is 11.5 Å². The molecule has 0 saturated carbocycles. The topological polar surface area (TPSA) is 168 Å². The van der Waals surface area contributed by atoms with Crippen LogP contribution in [0.5, 0.6) is 11.5 Å². The Balaban J connectivity index is 0.000000696. The molecule has 41 heavy (non-hydrogen) atoms. The number of likely N-dealkylation sites (tertiary alicyclic amines) is 1. The summed E-state index contributed by atoms with van der Waals surface area (Å²) in [4.78, 5) is 36.6. The van der Waals surface area contributed by atoms with Crippen LogP contribution in [0.1, 0.15) is 34.9 Å². The molecule has 1 aromatic heterocycles. The molecular formula is C29H35N3O9. The van der Waals surface area contributed by atoms with Gasteiger partial charge in [0.1, 0.15) is 18.1 Å². The Labute approximate surface area is 237 Å². The number of ether oxygens (including phenoxy) is 3. The van der Waals surface area contributed by atoms with Crippen LogP contribution >= 0.6 is 0 Å². The molecule has 0 radical (unpaired) electrons. The molecule has 220 valence electrons. The summed E-state index contributed by atoms with van der Waals surface area (Å²) in [6, 6.07) is 15.1. The van der Waals surface area contributed by atoms with E-state index < -0.39 is 18.0 Å². The molecular weight excluding hydrogens is 534 g/mol. The highest BCUT2D eigenvalue weighted by molar-refractivity contribution is 6.27. The average molecular weight is 570 g/mol. The smallest absolute Gasteiger partial charge is 0.414 e. The third-order valence-corrected chi connectivity index (χ3v) is 6.60. The number of fused-ring (bicyclic) bond motifs is 1. The van der Waals surface area contributed by atoms with E-state index in [0.29, 0.717) is 30.5 Å². The number of aromatic nitrogens is 1. The van der Waals surface area contributed by atoms with E-state index in [1.54, 1.807) is 31.5 Å². The second kappa shape index (κ2) is 15.5. The number of β-amino-alcohol motifs (C(OH)–C–C–N with tert-alkyl or cyclic N) is 1. The molecule has 12 nitrogen and oxygen atoms in total. The zero-order valence-corrected chi connectivity index (χ0v) is 23.0. The summed E-state index contributed by atoms with van der Waals surface area (Å²) in [6.45, 7) is 3.66. The average Bonchev–Trinajstić information content (AvgIpc) is 2.99. The molecule has 0 amide bonds. The maximum atomic E-state index is 11.6. The SMILES string of the molecule is COC(=O)c1cccc(OCCNC2CCN(C[C@H](O)c3ccnc4ccc(OC)cc34)CC2)c1.O=C(O)C(=O)O. The Bertz CT molecular complexity index is 1310. The monoisotopic (exact) mass is 569 g/mol. The van der Waals surface area contributed by atoms with Gasteiger partial charge in [0.05, 0.1) is 31.4 Å². The van der Waals surface area contributed by atoms with Gasteiger partial charge in [-0.25, -0.2) is 14.4 Å². The van der Waals surface area contributed by atoms with Gasteiger partial charge in [-0.2, -0.15) is 0 Å². The maximum absolute atomic E-state index is 11.6. The van der Waals surface area contributed by atoms with Gasteiger partial charge >= 0.3 is 17.9 Å². The van der Waals surface area contributed by atoms with Crippen molar-refractivity contribution in [2.45, 2.75) is 25.0 Å². The summed E-state index contributed by atoms with van der Waals surface area (Å²) >= 11 is 0. The third-order valence-electron chi connectivity index (χ3n) is 6.60. The molecule has 0 unspecified atom stereocenters. The van der Waals surface area contributed by atoms with Gasteiger partial charge in [-0.05, 0) is 74.0 Å². The second-order valence-corrected chi connectivity index (χ2v) is 9.31. The Kier molecular flexibility index (Phi) is 11.8. The molecule has 0 aliphatic carbocycles. The molecule has 1 aliphatic heterocycles. The van der Waals surface area contributed by atoms with Crippen molar-refractivity contribution in [3.05, 3.63) is 65.9 Å². The first kappa shape index (κ1) is 31.3. The predicted molar refractivity (Wildman–Crippen MR) is 149 cm³/mol. The number of carboxylic acid groups (broad SMARTS) is 2. The number of pyridine rings is 1. The Morgan fingerprint density at radius 2 is 1.76 bits per heavy atom. The van der Waals surface area contributed by atoms with E-state index in [-0.39, 0.29) is 5.97 Å². The van der Waals surface area contributed by atoms with E-state index in [2.05, 4.69) is 15.2 Å². The van der Waals surface area contributed by atoms with Gasteiger partial charge in [0.15, 0.2) is 0 Å². The lowest BCUT2D eigenvalue weighted by molar-refractivity contribution is -0.159. The minimum atomic E-state index is -1.82. The molecule has 2 aromatic carbocycles. The fraction of sp³-hybridized carbons (Fsp3) is 0.379. The summed E-state index contributed by atoms with van der Waals surface area (Å²) in [7, 11) is 3.00. The molecule has 3 aromatic rings. The molecule has 4 rings (SSSR count). The number of carbonyl (C=O) groups excluding carboxylic acids is 1. The molecule has 0 spiro atoms. The standard InChI is InChI=1S/C27H33N3O5.C2H2O4/c1-33-21-6-7-25-24(17-21)23(8-11-29-25)26(31)18-30-13-9-20(10-14-30)28-12-15-35-22-5-3-4-19(16-22)27(32)34-2;3-1(4)2(5)6/h3-8,11,16-17,20,26,28,31H,9-10,12-15,18H2,1-2H3;(H,3,4)(H,5,6)/t26-;/m0./s1. The summed E-state index contributed by atoms with van der Waals surface area (Å²) in [6.07, 6.45) is 3.17. The summed E-state index contributed by atoms with van der Waals surface area (Å²) < 4.78 is 15.9. The molecule has 2 heterocycles. The van der Waals surface area contributed by atoms with Crippen molar-refractivity contribution in [1.29, 1.82) is 0 Å². The van der Waals surface area contributed by atoms with E-state index in [4.69, 9.17) is 34.0 Å². The number of aliphatic hydroxyl groups is 1. The van der Waals surface area contributed by atoms with Crippen LogP contribution in [0.15, 0.2) is 54.7 Å². The quantitative estimate of drug-likeness (QED) is 0.160.